The second kappa shape index (κ2) is 6.92. The van der Waals surface area contributed by atoms with Gasteiger partial charge in [0.15, 0.2) is 0 Å². The van der Waals surface area contributed by atoms with Gasteiger partial charge in [0, 0.05) is 25.9 Å². The number of H-pyrrole nitrogens is 1. The molecule has 2 heterocycles. The predicted molar refractivity (Wildman–Crippen MR) is 85.6 cm³/mol. The third-order valence-corrected chi connectivity index (χ3v) is 4.19. The van der Waals surface area contributed by atoms with Gasteiger partial charge in [-0.1, -0.05) is 19.1 Å². The minimum Gasteiger partial charge on any atom is -0.375 e. The lowest BCUT2D eigenvalue weighted by Crippen LogP contribution is -2.45. The van der Waals surface area contributed by atoms with Gasteiger partial charge in [-0.2, -0.15) is 0 Å². The van der Waals surface area contributed by atoms with Gasteiger partial charge in [0.05, 0.1) is 23.7 Å². The summed E-state index contributed by atoms with van der Waals surface area (Å²) in [5.74, 6) is 1.19. The summed E-state index contributed by atoms with van der Waals surface area (Å²) in [6.45, 7) is 4.22. The number of hydrogen-bond donors (Lipinski definition) is 1. The lowest BCUT2D eigenvalue weighted by Gasteiger charge is -2.32. The van der Waals surface area contributed by atoms with Gasteiger partial charge < -0.3 is 14.6 Å². The molecule has 1 unspecified atom stereocenters. The van der Waals surface area contributed by atoms with Crippen molar-refractivity contribution in [2.45, 2.75) is 38.7 Å². The van der Waals surface area contributed by atoms with E-state index in [1.807, 2.05) is 29.2 Å². The molecule has 0 saturated carbocycles. The summed E-state index contributed by atoms with van der Waals surface area (Å²) in [5.41, 5.74) is 2.05. The molecule has 0 bridgehead atoms. The molecule has 1 aromatic carbocycles. The van der Waals surface area contributed by atoms with Crippen LogP contribution in [0.15, 0.2) is 24.3 Å². The number of nitrogens with one attached hydrogen (secondary N) is 1. The Bertz CT molecular complexity index is 605. The van der Waals surface area contributed by atoms with Gasteiger partial charge in [-0.05, 0) is 25.0 Å². The number of aryl methyl sites for hydroxylation is 1. The maximum atomic E-state index is 12.3. The second-order valence-corrected chi connectivity index (χ2v) is 5.80. The molecule has 1 atom stereocenters. The number of carbonyl (C=O) groups excluding carboxylic acids is 1. The standard InChI is InChI=1S/C17H23N3O2/c1-2-13-12-20(10-11-22-13)17(21)9-5-8-16-18-14-6-3-4-7-15(14)19-16/h3-4,6-7,13H,2,5,8-12H2,1H3,(H,18,19). The van der Waals surface area contributed by atoms with E-state index in [-0.39, 0.29) is 12.0 Å². The molecule has 1 fully saturated rings. The van der Waals surface area contributed by atoms with Crippen molar-refractivity contribution in [3.63, 3.8) is 0 Å². The number of rotatable bonds is 5. The quantitative estimate of drug-likeness (QED) is 0.923. The number of nitrogens with zero attached hydrogens (tertiary/aromatic N) is 2. The smallest absolute Gasteiger partial charge is 0.222 e. The molecule has 1 saturated heterocycles. The van der Waals surface area contributed by atoms with Gasteiger partial charge in [0.1, 0.15) is 5.82 Å². The molecule has 0 aliphatic carbocycles. The van der Waals surface area contributed by atoms with Crippen molar-refractivity contribution in [3.05, 3.63) is 30.1 Å². The molecule has 1 aliphatic heterocycles. The Balaban J connectivity index is 1.49. The number of aromatic nitrogens is 2. The van der Waals surface area contributed by atoms with E-state index < -0.39 is 0 Å². The average Bonchev–Trinajstić information content (AvgIpc) is 2.97. The van der Waals surface area contributed by atoms with Gasteiger partial charge in [0.25, 0.3) is 0 Å². The summed E-state index contributed by atoms with van der Waals surface area (Å²) < 4.78 is 5.61. The van der Waals surface area contributed by atoms with Crippen molar-refractivity contribution in [2.75, 3.05) is 19.7 Å². The molecule has 2 aromatic rings. The molecular formula is C17H23N3O2. The van der Waals surface area contributed by atoms with Crippen molar-refractivity contribution < 1.29 is 9.53 Å². The molecule has 22 heavy (non-hydrogen) atoms. The van der Waals surface area contributed by atoms with Crippen molar-refractivity contribution in [3.8, 4) is 0 Å². The number of benzene rings is 1. The molecule has 118 valence electrons. The highest BCUT2D eigenvalue weighted by Gasteiger charge is 2.22. The highest BCUT2D eigenvalue weighted by molar-refractivity contribution is 5.76. The molecule has 3 rings (SSSR count). The van der Waals surface area contributed by atoms with E-state index in [0.29, 0.717) is 13.0 Å². The number of para-hydroxylation sites is 2. The van der Waals surface area contributed by atoms with Crippen LogP contribution in [0.5, 0.6) is 0 Å². The highest BCUT2D eigenvalue weighted by Crippen LogP contribution is 2.13. The first-order valence-electron chi connectivity index (χ1n) is 8.09. The summed E-state index contributed by atoms with van der Waals surface area (Å²) in [7, 11) is 0. The van der Waals surface area contributed by atoms with Crippen molar-refractivity contribution in [1.82, 2.24) is 14.9 Å². The number of aromatic amines is 1. The normalized spacial score (nSPS) is 18.8. The molecular weight excluding hydrogens is 278 g/mol. The van der Waals surface area contributed by atoms with Gasteiger partial charge in [0.2, 0.25) is 5.91 Å². The SMILES string of the molecule is CCC1CN(C(=O)CCCc2nc3ccccc3[nH]2)CCO1. The monoisotopic (exact) mass is 301 g/mol. The summed E-state index contributed by atoms with van der Waals surface area (Å²) in [4.78, 5) is 22.1. The molecule has 1 aliphatic rings. The van der Waals surface area contributed by atoms with Gasteiger partial charge >= 0.3 is 0 Å². The number of carbonyl (C=O) groups is 1. The van der Waals surface area contributed by atoms with E-state index in [0.717, 1.165) is 49.2 Å². The Morgan fingerprint density at radius 2 is 2.32 bits per heavy atom. The topological polar surface area (TPSA) is 58.2 Å². The van der Waals surface area contributed by atoms with E-state index in [2.05, 4.69) is 16.9 Å². The Labute approximate surface area is 130 Å². The number of morpholine rings is 1. The first-order valence-corrected chi connectivity index (χ1v) is 8.09. The highest BCUT2D eigenvalue weighted by atomic mass is 16.5. The maximum absolute atomic E-state index is 12.3. The van der Waals surface area contributed by atoms with Gasteiger partial charge in [-0.15, -0.1) is 0 Å². The van der Waals surface area contributed by atoms with Crippen LogP contribution < -0.4 is 0 Å². The average molecular weight is 301 g/mol. The first-order chi connectivity index (χ1) is 10.8. The van der Waals surface area contributed by atoms with Crippen molar-refractivity contribution in [1.29, 1.82) is 0 Å². The van der Waals surface area contributed by atoms with Crippen LogP contribution in [0, 0.1) is 0 Å². The van der Waals surface area contributed by atoms with Crippen LogP contribution in [0.2, 0.25) is 0 Å². The van der Waals surface area contributed by atoms with Crippen LogP contribution in [0.4, 0.5) is 0 Å². The van der Waals surface area contributed by atoms with Crippen LogP contribution in [-0.2, 0) is 16.0 Å². The fourth-order valence-electron chi connectivity index (χ4n) is 2.88. The molecule has 1 aromatic heterocycles. The van der Waals surface area contributed by atoms with E-state index in [9.17, 15) is 4.79 Å². The Morgan fingerprint density at radius 3 is 3.14 bits per heavy atom. The summed E-state index contributed by atoms with van der Waals surface area (Å²) in [6.07, 6.45) is 3.37. The zero-order chi connectivity index (χ0) is 15.4. The van der Waals surface area contributed by atoms with Crippen LogP contribution >= 0.6 is 0 Å². The Hall–Kier alpha value is -1.88. The molecule has 0 radical (unpaired) electrons. The maximum Gasteiger partial charge on any atom is 0.222 e. The summed E-state index contributed by atoms with van der Waals surface area (Å²) in [6, 6.07) is 8.00. The molecule has 5 nitrogen and oxygen atoms in total. The molecule has 1 N–H and O–H groups in total. The second-order valence-electron chi connectivity index (χ2n) is 5.80. The minimum atomic E-state index is 0.202. The van der Waals surface area contributed by atoms with Crippen LogP contribution in [0.25, 0.3) is 11.0 Å². The minimum absolute atomic E-state index is 0.202. The van der Waals surface area contributed by atoms with E-state index in [1.54, 1.807) is 0 Å². The first kappa shape index (κ1) is 15.0. The predicted octanol–water partition coefficient (Wildman–Crippen LogP) is 2.52. The van der Waals surface area contributed by atoms with E-state index in [1.165, 1.54) is 0 Å². The van der Waals surface area contributed by atoms with Crippen molar-refractivity contribution >= 4 is 16.9 Å². The van der Waals surface area contributed by atoms with Crippen LogP contribution in [0.3, 0.4) is 0 Å². The fourth-order valence-corrected chi connectivity index (χ4v) is 2.88. The number of hydrogen-bond acceptors (Lipinski definition) is 3. The number of fused-ring (bicyclic) bond motifs is 1. The zero-order valence-electron chi connectivity index (χ0n) is 13.0. The third-order valence-electron chi connectivity index (χ3n) is 4.19. The molecule has 5 heteroatoms. The van der Waals surface area contributed by atoms with Crippen LogP contribution in [0.1, 0.15) is 32.0 Å². The molecule has 1 amide bonds. The Morgan fingerprint density at radius 1 is 1.45 bits per heavy atom. The lowest BCUT2D eigenvalue weighted by atomic mass is 10.1. The van der Waals surface area contributed by atoms with Crippen LogP contribution in [-0.4, -0.2) is 46.6 Å². The lowest BCUT2D eigenvalue weighted by molar-refractivity contribution is -0.138. The van der Waals surface area contributed by atoms with Crippen molar-refractivity contribution in [2.24, 2.45) is 0 Å². The fraction of sp³-hybridized carbons (Fsp3) is 0.529. The zero-order valence-corrected chi connectivity index (χ0v) is 13.0. The summed E-state index contributed by atoms with van der Waals surface area (Å²) in [5, 5.41) is 0. The number of amides is 1. The van der Waals surface area contributed by atoms with Gasteiger partial charge in [-0.3, -0.25) is 4.79 Å². The Kier molecular flexibility index (Phi) is 4.73. The molecule has 0 spiro atoms. The van der Waals surface area contributed by atoms with Gasteiger partial charge in [-0.25, -0.2) is 4.98 Å². The van der Waals surface area contributed by atoms with E-state index >= 15 is 0 Å². The largest absolute Gasteiger partial charge is 0.375 e. The summed E-state index contributed by atoms with van der Waals surface area (Å²) >= 11 is 0. The number of ether oxygens (including phenoxy) is 1. The third kappa shape index (κ3) is 3.47. The number of imidazole rings is 1. The van der Waals surface area contributed by atoms with E-state index in [4.69, 9.17) is 4.74 Å².